The van der Waals surface area contributed by atoms with Gasteiger partial charge in [0.25, 0.3) is 0 Å². The normalized spacial score (nSPS) is 27.1. The predicted molar refractivity (Wildman–Crippen MR) is 57.9 cm³/mol. The Kier molecular flexibility index (Phi) is 4.46. The number of nitrogens with zero attached hydrogens (tertiary/aromatic N) is 1. The van der Waals surface area contributed by atoms with Crippen molar-refractivity contribution in [2.24, 2.45) is 0 Å². The van der Waals surface area contributed by atoms with Crippen molar-refractivity contribution in [3.05, 3.63) is 12.7 Å². The first-order chi connectivity index (χ1) is 6.27. The van der Waals surface area contributed by atoms with Crippen molar-refractivity contribution in [3.63, 3.8) is 0 Å². The molecule has 0 aromatic heterocycles. The molecule has 1 rings (SSSR count). The van der Waals surface area contributed by atoms with Crippen molar-refractivity contribution in [3.8, 4) is 0 Å². The molecule has 0 aromatic rings. The minimum Gasteiger partial charge on any atom is -0.311 e. The molecule has 2 unspecified atom stereocenters. The molecule has 1 aliphatic rings. The topological polar surface area (TPSA) is 15.3 Å². The van der Waals surface area contributed by atoms with Gasteiger partial charge in [-0.1, -0.05) is 13.0 Å². The van der Waals surface area contributed by atoms with Gasteiger partial charge in [-0.25, -0.2) is 0 Å². The molecule has 0 amide bonds. The average molecular weight is 182 g/mol. The second-order valence-corrected chi connectivity index (χ2v) is 3.93. The van der Waals surface area contributed by atoms with E-state index in [0.29, 0.717) is 12.1 Å². The standard InChI is InChI=1S/C11H22N2/c1-4-6-10(3)13-8-7-12-11(5-2)9-13/h4,10-12H,1,5-9H2,2-3H3. The van der Waals surface area contributed by atoms with Crippen molar-refractivity contribution >= 4 is 0 Å². The van der Waals surface area contributed by atoms with Gasteiger partial charge in [0, 0.05) is 31.7 Å². The molecule has 0 radical (unpaired) electrons. The summed E-state index contributed by atoms with van der Waals surface area (Å²) in [5.41, 5.74) is 0. The molecule has 1 aliphatic heterocycles. The third kappa shape index (κ3) is 3.12. The van der Waals surface area contributed by atoms with Crippen LogP contribution in [0.4, 0.5) is 0 Å². The van der Waals surface area contributed by atoms with E-state index in [9.17, 15) is 0 Å². The van der Waals surface area contributed by atoms with Crippen LogP contribution in [0.5, 0.6) is 0 Å². The molecule has 2 heteroatoms. The fourth-order valence-electron chi connectivity index (χ4n) is 1.92. The smallest absolute Gasteiger partial charge is 0.0193 e. The lowest BCUT2D eigenvalue weighted by Gasteiger charge is -2.37. The molecule has 2 atom stereocenters. The molecular weight excluding hydrogens is 160 g/mol. The van der Waals surface area contributed by atoms with Gasteiger partial charge < -0.3 is 5.32 Å². The number of nitrogens with one attached hydrogen (secondary N) is 1. The number of hydrogen-bond donors (Lipinski definition) is 1. The molecule has 76 valence electrons. The van der Waals surface area contributed by atoms with Crippen LogP contribution in [0.2, 0.25) is 0 Å². The summed E-state index contributed by atoms with van der Waals surface area (Å²) < 4.78 is 0. The van der Waals surface area contributed by atoms with Crippen molar-refractivity contribution in [2.45, 2.75) is 38.8 Å². The summed E-state index contributed by atoms with van der Waals surface area (Å²) in [5.74, 6) is 0. The van der Waals surface area contributed by atoms with Gasteiger partial charge in [0.2, 0.25) is 0 Å². The molecule has 1 N–H and O–H groups in total. The molecule has 13 heavy (non-hydrogen) atoms. The highest BCUT2D eigenvalue weighted by Crippen LogP contribution is 2.09. The van der Waals surface area contributed by atoms with E-state index >= 15 is 0 Å². The van der Waals surface area contributed by atoms with Gasteiger partial charge in [0.05, 0.1) is 0 Å². The van der Waals surface area contributed by atoms with Crippen LogP contribution in [0.3, 0.4) is 0 Å². The largest absolute Gasteiger partial charge is 0.311 e. The van der Waals surface area contributed by atoms with Crippen molar-refractivity contribution < 1.29 is 0 Å². The van der Waals surface area contributed by atoms with Gasteiger partial charge in [0.1, 0.15) is 0 Å². The van der Waals surface area contributed by atoms with Gasteiger partial charge in [-0.05, 0) is 19.8 Å². The zero-order chi connectivity index (χ0) is 9.68. The van der Waals surface area contributed by atoms with E-state index in [-0.39, 0.29) is 0 Å². The summed E-state index contributed by atoms with van der Waals surface area (Å²) in [6, 6.07) is 1.36. The summed E-state index contributed by atoms with van der Waals surface area (Å²) >= 11 is 0. The van der Waals surface area contributed by atoms with E-state index in [1.54, 1.807) is 0 Å². The Hall–Kier alpha value is -0.340. The number of rotatable bonds is 4. The number of hydrogen-bond acceptors (Lipinski definition) is 2. The Morgan fingerprint density at radius 1 is 1.69 bits per heavy atom. The van der Waals surface area contributed by atoms with Gasteiger partial charge >= 0.3 is 0 Å². The first-order valence-electron chi connectivity index (χ1n) is 5.36. The third-order valence-corrected chi connectivity index (χ3v) is 2.91. The van der Waals surface area contributed by atoms with Crippen LogP contribution in [0.15, 0.2) is 12.7 Å². The van der Waals surface area contributed by atoms with Crippen LogP contribution in [0, 0.1) is 0 Å². The van der Waals surface area contributed by atoms with Crippen LogP contribution in [0.25, 0.3) is 0 Å². The minimum atomic E-state index is 0.661. The molecule has 2 nitrogen and oxygen atoms in total. The molecule has 0 bridgehead atoms. The van der Waals surface area contributed by atoms with Crippen molar-refractivity contribution in [1.29, 1.82) is 0 Å². The molecule has 1 heterocycles. The second kappa shape index (κ2) is 5.40. The summed E-state index contributed by atoms with van der Waals surface area (Å²) in [6.07, 6.45) is 4.36. The van der Waals surface area contributed by atoms with Crippen LogP contribution < -0.4 is 5.32 Å². The fourth-order valence-corrected chi connectivity index (χ4v) is 1.92. The molecule has 1 saturated heterocycles. The Morgan fingerprint density at radius 2 is 2.46 bits per heavy atom. The SMILES string of the molecule is C=CCC(C)N1CCNC(CC)C1. The maximum absolute atomic E-state index is 3.79. The summed E-state index contributed by atoms with van der Waals surface area (Å²) in [4.78, 5) is 2.56. The van der Waals surface area contributed by atoms with Gasteiger partial charge in [-0.3, -0.25) is 4.90 Å². The van der Waals surface area contributed by atoms with E-state index in [2.05, 4.69) is 30.6 Å². The van der Waals surface area contributed by atoms with Crippen LogP contribution in [-0.4, -0.2) is 36.6 Å². The highest BCUT2D eigenvalue weighted by molar-refractivity contribution is 4.83. The molecular formula is C11H22N2. The van der Waals surface area contributed by atoms with Crippen molar-refractivity contribution in [2.75, 3.05) is 19.6 Å². The van der Waals surface area contributed by atoms with Crippen molar-refractivity contribution in [1.82, 2.24) is 10.2 Å². The zero-order valence-corrected chi connectivity index (χ0v) is 8.92. The zero-order valence-electron chi connectivity index (χ0n) is 8.92. The van der Waals surface area contributed by atoms with Crippen LogP contribution >= 0.6 is 0 Å². The molecule has 0 aliphatic carbocycles. The predicted octanol–water partition coefficient (Wildman–Crippen LogP) is 1.63. The van der Waals surface area contributed by atoms with E-state index in [1.165, 1.54) is 19.5 Å². The average Bonchev–Trinajstić information content (AvgIpc) is 2.18. The molecule has 0 spiro atoms. The highest BCUT2D eigenvalue weighted by atomic mass is 15.2. The lowest BCUT2D eigenvalue weighted by molar-refractivity contribution is 0.151. The minimum absolute atomic E-state index is 0.661. The van der Waals surface area contributed by atoms with E-state index in [4.69, 9.17) is 0 Å². The maximum Gasteiger partial charge on any atom is 0.0193 e. The molecule has 0 saturated carbocycles. The van der Waals surface area contributed by atoms with Crippen LogP contribution in [-0.2, 0) is 0 Å². The summed E-state index contributed by atoms with van der Waals surface area (Å²) in [5, 5.41) is 3.53. The van der Waals surface area contributed by atoms with E-state index in [0.717, 1.165) is 13.0 Å². The third-order valence-electron chi connectivity index (χ3n) is 2.91. The summed E-state index contributed by atoms with van der Waals surface area (Å²) in [7, 11) is 0. The Morgan fingerprint density at radius 3 is 3.08 bits per heavy atom. The fraction of sp³-hybridized carbons (Fsp3) is 0.818. The highest BCUT2D eigenvalue weighted by Gasteiger charge is 2.20. The Balaban J connectivity index is 2.36. The van der Waals surface area contributed by atoms with E-state index in [1.807, 2.05) is 6.08 Å². The molecule has 0 aromatic carbocycles. The van der Waals surface area contributed by atoms with Crippen LogP contribution in [0.1, 0.15) is 26.7 Å². The van der Waals surface area contributed by atoms with E-state index < -0.39 is 0 Å². The monoisotopic (exact) mass is 182 g/mol. The van der Waals surface area contributed by atoms with Gasteiger partial charge in [-0.2, -0.15) is 0 Å². The first kappa shape index (κ1) is 10.7. The Labute approximate surface area is 82.0 Å². The summed E-state index contributed by atoms with van der Waals surface area (Å²) in [6.45, 7) is 11.9. The second-order valence-electron chi connectivity index (χ2n) is 3.93. The lowest BCUT2D eigenvalue weighted by Crippen LogP contribution is -2.52. The van der Waals surface area contributed by atoms with Gasteiger partial charge in [-0.15, -0.1) is 6.58 Å². The first-order valence-corrected chi connectivity index (χ1v) is 5.36. The van der Waals surface area contributed by atoms with Gasteiger partial charge in [0.15, 0.2) is 0 Å². The lowest BCUT2D eigenvalue weighted by atomic mass is 10.1. The molecule has 1 fully saturated rings. The maximum atomic E-state index is 3.79. The quantitative estimate of drug-likeness (QED) is 0.665. The number of piperazine rings is 1. The Bertz CT molecular complexity index is 156.